The summed E-state index contributed by atoms with van der Waals surface area (Å²) >= 11 is 2.10. The molecule has 2 rings (SSSR count). The molecular formula is C10H14S. The number of thioether (sulfide) groups is 1. The Morgan fingerprint density at radius 3 is 2.64 bits per heavy atom. The summed E-state index contributed by atoms with van der Waals surface area (Å²) in [5.41, 5.74) is 4.62. The molecule has 0 saturated carbocycles. The van der Waals surface area contributed by atoms with Crippen LogP contribution in [0.4, 0.5) is 0 Å². The van der Waals surface area contributed by atoms with Crippen LogP contribution in [0.1, 0.15) is 27.7 Å². The maximum Gasteiger partial charge on any atom is 0.0503 e. The second-order valence-electron chi connectivity index (χ2n) is 3.80. The van der Waals surface area contributed by atoms with Crippen molar-refractivity contribution >= 4 is 11.8 Å². The van der Waals surface area contributed by atoms with E-state index >= 15 is 0 Å². The molecule has 0 nitrogen and oxygen atoms in total. The van der Waals surface area contributed by atoms with E-state index in [9.17, 15) is 0 Å². The molecule has 0 aromatic carbocycles. The van der Waals surface area contributed by atoms with E-state index in [2.05, 4.69) is 45.5 Å². The summed E-state index contributed by atoms with van der Waals surface area (Å²) in [4.78, 5) is 0. The minimum Gasteiger partial charge on any atom is -0.140 e. The summed E-state index contributed by atoms with van der Waals surface area (Å²) in [5, 5.41) is 0.799. The third kappa shape index (κ3) is 0.837. The maximum absolute atomic E-state index is 2.35. The van der Waals surface area contributed by atoms with Crippen molar-refractivity contribution in [3.05, 3.63) is 22.8 Å². The van der Waals surface area contributed by atoms with Crippen molar-refractivity contribution in [2.24, 2.45) is 0 Å². The highest BCUT2D eigenvalue weighted by molar-refractivity contribution is 8.09. The zero-order valence-corrected chi connectivity index (χ0v) is 8.38. The molecule has 0 aromatic heterocycles. The summed E-state index contributed by atoms with van der Waals surface area (Å²) in [6.45, 7) is 9.09. The lowest BCUT2D eigenvalue weighted by Gasteiger charge is -2.17. The van der Waals surface area contributed by atoms with Gasteiger partial charge in [0.15, 0.2) is 0 Å². The molecule has 11 heavy (non-hydrogen) atoms. The summed E-state index contributed by atoms with van der Waals surface area (Å²) < 4.78 is 0.476. The first kappa shape index (κ1) is 7.48. The average molecular weight is 166 g/mol. The Hall–Kier alpha value is -0.170. The molecule has 1 aliphatic carbocycles. The van der Waals surface area contributed by atoms with Gasteiger partial charge in [0.05, 0.1) is 4.75 Å². The van der Waals surface area contributed by atoms with Crippen molar-refractivity contribution in [2.75, 3.05) is 0 Å². The number of allylic oxidation sites excluding steroid dienone is 2. The Balaban J connectivity index is 2.46. The first-order valence-corrected chi connectivity index (χ1v) is 4.97. The van der Waals surface area contributed by atoms with Gasteiger partial charge in [-0.25, -0.2) is 0 Å². The number of hydrogen-bond donors (Lipinski definition) is 0. The van der Waals surface area contributed by atoms with Gasteiger partial charge in [0.1, 0.15) is 0 Å². The van der Waals surface area contributed by atoms with Gasteiger partial charge in [0, 0.05) is 5.25 Å². The molecule has 2 unspecified atom stereocenters. The lowest BCUT2D eigenvalue weighted by atomic mass is 9.87. The van der Waals surface area contributed by atoms with Gasteiger partial charge < -0.3 is 0 Å². The number of hydrogen-bond acceptors (Lipinski definition) is 1. The van der Waals surface area contributed by atoms with Gasteiger partial charge in [0.2, 0.25) is 0 Å². The molecule has 0 spiro atoms. The topological polar surface area (TPSA) is 0 Å². The van der Waals surface area contributed by atoms with E-state index in [0.29, 0.717) is 4.75 Å². The van der Waals surface area contributed by atoms with Gasteiger partial charge in [-0.3, -0.25) is 0 Å². The molecular weight excluding hydrogens is 152 g/mol. The van der Waals surface area contributed by atoms with Crippen molar-refractivity contribution in [3.63, 3.8) is 0 Å². The van der Waals surface area contributed by atoms with Gasteiger partial charge in [0.25, 0.3) is 0 Å². The maximum atomic E-state index is 2.35. The van der Waals surface area contributed by atoms with E-state index in [4.69, 9.17) is 0 Å². The SMILES string of the molecule is CC1=CC(C)=C(C)C2SC12C. The Morgan fingerprint density at radius 2 is 2.00 bits per heavy atom. The van der Waals surface area contributed by atoms with Crippen LogP contribution in [-0.2, 0) is 0 Å². The van der Waals surface area contributed by atoms with Crippen LogP contribution in [0.15, 0.2) is 22.8 Å². The molecule has 1 heterocycles. The summed E-state index contributed by atoms with van der Waals surface area (Å²) in [5.74, 6) is 0. The molecule has 0 aromatic rings. The molecule has 2 aliphatic rings. The fraction of sp³-hybridized carbons (Fsp3) is 0.600. The van der Waals surface area contributed by atoms with Gasteiger partial charge >= 0.3 is 0 Å². The van der Waals surface area contributed by atoms with E-state index in [1.165, 1.54) is 5.57 Å². The quantitative estimate of drug-likeness (QED) is 0.498. The van der Waals surface area contributed by atoms with Crippen LogP contribution in [0, 0.1) is 0 Å². The smallest absolute Gasteiger partial charge is 0.0503 e. The summed E-state index contributed by atoms with van der Waals surface area (Å²) in [6.07, 6.45) is 2.34. The van der Waals surface area contributed by atoms with Gasteiger partial charge in [-0.15, -0.1) is 11.8 Å². The van der Waals surface area contributed by atoms with Crippen LogP contribution in [0.2, 0.25) is 0 Å². The molecule has 1 aliphatic heterocycles. The van der Waals surface area contributed by atoms with Crippen LogP contribution in [-0.4, -0.2) is 10.00 Å². The molecule has 1 heteroatoms. The van der Waals surface area contributed by atoms with Crippen molar-refractivity contribution in [1.29, 1.82) is 0 Å². The minimum absolute atomic E-state index is 0.476. The van der Waals surface area contributed by atoms with E-state index in [0.717, 1.165) is 5.25 Å². The van der Waals surface area contributed by atoms with Crippen LogP contribution < -0.4 is 0 Å². The number of rotatable bonds is 0. The van der Waals surface area contributed by atoms with Gasteiger partial charge in [-0.05, 0) is 27.7 Å². The first-order chi connectivity index (χ1) is 5.05. The Labute approximate surface area is 72.8 Å². The van der Waals surface area contributed by atoms with Crippen molar-refractivity contribution in [3.8, 4) is 0 Å². The van der Waals surface area contributed by atoms with Crippen LogP contribution in [0.3, 0.4) is 0 Å². The summed E-state index contributed by atoms with van der Waals surface area (Å²) in [7, 11) is 0. The average Bonchev–Trinajstić information content (AvgIpc) is 2.60. The Bertz CT molecular complexity index is 273. The van der Waals surface area contributed by atoms with Crippen molar-refractivity contribution in [2.45, 2.75) is 37.7 Å². The minimum atomic E-state index is 0.476. The van der Waals surface area contributed by atoms with E-state index in [1.807, 2.05) is 0 Å². The van der Waals surface area contributed by atoms with E-state index < -0.39 is 0 Å². The fourth-order valence-electron chi connectivity index (χ4n) is 1.80. The molecule has 0 bridgehead atoms. The van der Waals surface area contributed by atoms with Crippen LogP contribution in [0.25, 0.3) is 0 Å². The first-order valence-electron chi connectivity index (χ1n) is 4.09. The highest BCUT2D eigenvalue weighted by Gasteiger charge is 2.55. The van der Waals surface area contributed by atoms with Crippen molar-refractivity contribution < 1.29 is 0 Å². The summed E-state index contributed by atoms with van der Waals surface area (Å²) in [6, 6.07) is 0. The predicted octanol–water partition coefficient (Wildman–Crippen LogP) is 3.16. The monoisotopic (exact) mass is 166 g/mol. The third-order valence-corrected chi connectivity index (χ3v) is 4.89. The highest BCUT2D eigenvalue weighted by atomic mass is 32.2. The van der Waals surface area contributed by atoms with Gasteiger partial charge in [-0.2, -0.15) is 0 Å². The molecule has 2 atom stereocenters. The van der Waals surface area contributed by atoms with E-state index in [1.54, 1.807) is 11.1 Å². The second-order valence-corrected chi connectivity index (χ2v) is 5.35. The fourth-order valence-corrected chi connectivity index (χ4v) is 3.19. The molecule has 0 amide bonds. The second kappa shape index (κ2) is 1.95. The molecule has 60 valence electrons. The normalized spacial score (nSPS) is 41.8. The Morgan fingerprint density at radius 1 is 1.36 bits per heavy atom. The molecule has 0 radical (unpaired) electrons. The zero-order valence-electron chi connectivity index (χ0n) is 7.56. The third-order valence-electron chi connectivity index (χ3n) is 3.04. The highest BCUT2D eigenvalue weighted by Crippen LogP contribution is 2.63. The van der Waals surface area contributed by atoms with Crippen LogP contribution in [0.5, 0.6) is 0 Å². The molecule has 1 fully saturated rings. The molecule has 1 saturated heterocycles. The molecule has 0 N–H and O–H groups in total. The largest absolute Gasteiger partial charge is 0.140 e. The van der Waals surface area contributed by atoms with Gasteiger partial charge in [-0.1, -0.05) is 22.8 Å². The lowest BCUT2D eigenvalue weighted by molar-refractivity contribution is 0.816. The van der Waals surface area contributed by atoms with Crippen LogP contribution >= 0.6 is 11.8 Å². The zero-order chi connectivity index (χ0) is 8.22. The number of fused-ring (bicyclic) bond motifs is 1. The standard InChI is InChI=1S/C10H14S/c1-6-5-7(2)10(4)9(11-10)8(6)3/h5,9H,1-4H3. The lowest BCUT2D eigenvalue weighted by Crippen LogP contribution is -2.16. The predicted molar refractivity (Wildman–Crippen MR) is 51.9 cm³/mol. The Kier molecular flexibility index (Phi) is 1.32. The van der Waals surface area contributed by atoms with Crippen molar-refractivity contribution in [1.82, 2.24) is 0 Å². The van der Waals surface area contributed by atoms with E-state index in [-0.39, 0.29) is 0 Å².